The number of rotatable bonds is 7. The largest absolute Gasteiger partial charge is 0.329 e. The highest BCUT2D eigenvalue weighted by atomic mass is 16.2. The van der Waals surface area contributed by atoms with Crippen molar-refractivity contribution in [2.45, 2.75) is 54.0 Å². The minimum atomic E-state index is 0.0275. The van der Waals surface area contributed by atoms with Gasteiger partial charge in [-0.15, -0.1) is 0 Å². The zero-order valence-corrected chi connectivity index (χ0v) is 19.5. The third-order valence-electron chi connectivity index (χ3n) is 5.67. The molecule has 31 heavy (non-hydrogen) atoms. The monoisotopic (exact) mass is 414 g/mol. The number of hydrogen-bond acceptors (Lipinski definition) is 1. The van der Waals surface area contributed by atoms with Gasteiger partial charge in [-0.2, -0.15) is 0 Å². The van der Waals surface area contributed by atoms with Gasteiger partial charge in [0, 0.05) is 13.1 Å². The van der Waals surface area contributed by atoms with E-state index in [-0.39, 0.29) is 6.03 Å². The third-order valence-corrected chi connectivity index (χ3v) is 5.67. The van der Waals surface area contributed by atoms with Gasteiger partial charge in [-0.25, -0.2) is 4.79 Å². The van der Waals surface area contributed by atoms with Crippen molar-refractivity contribution >= 4 is 17.4 Å². The highest BCUT2D eigenvalue weighted by Crippen LogP contribution is 2.34. The van der Waals surface area contributed by atoms with Crippen LogP contribution in [0.25, 0.3) is 0 Å². The highest BCUT2D eigenvalue weighted by molar-refractivity contribution is 6.01. The van der Waals surface area contributed by atoms with E-state index in [1.165, 1.54) is 0 Å². The number of nitrogens with zero attached hydrogens (tertiary/aromatic N) is 2. The second-order valence-electron chi connectivity index (χ2n) is 8.46. The van der Waals surface area contributed by atoms with Gasteiger partial charge in [0.1, 0.15) is 0 Å². The molecule has 0 aromatic heterocycles. The van der Waals surface area contributed by atoms with Crippen LogP contribution in [0.3, 0.4) is 0 Å². The molecular weight excluding hydrogens is 380 g/mol. The maximum atomic E-state index is 14.1. The van der Waals surface area contributed by atoms with Crippen molar-refractivity contribution in [2.24, 2.45) is 0 Å². The van der Waals surface area contributed by atoms with Crippen LogP contribution in [0.1, 0.15) is 47.6 Å². The standard InChI is InChI=1S/C28H34N2O/c1-6-7-17-29(20-25-11-9-8-10-12-25)28(31)30(26-18-21(2)13-15-23(26)4)27-19-22(3)14-16-24(27)5/h8-16,18-19H,6-7,17,20H2,1-5H3. The number of benzene rings is 3. The Bertz CT molecular complexity index is 975. The molecule has 0 aliphatic heterocycles. The summed E-state index contributed by atoms with van der Waals surface area (Å²) in [6.07, 6.45) is 2.03. The van der Waals surface area contributed by atoms with Crippen molar-refractivity contribution in [1.82, 2.24) is 4.90 Å². The number of aryl methyl sites for hydroxylation is 4. The van der Waals surface area contributed by atoms with Crippen molar-refractivity contribution in [3.8, 4) is 0 Å². The normalized spacial score (nSPS) is 10.7. The summed E-state index contributed by atoms with van der Waals surface area (Å²) < 4.78 is 0. The Morgan fingerprint density at radius 2 is 1.32 bits per heavy atom. The summed E-state index contributed by atoms with van der Waals surface area (Å²) in [5.41, 5.74) is 7.53. The van der Waals surface area contributed by atoms with E-state index in [1.54, 1.807) is 0 Å². The Hall–Kier alpha value is -3.07. The molecule has 3 rings (SSSR count). The SMILES string of the molecule is CCCCN(Cc1ccccc1)C(=O)N(c1cc(C)ccc1C)c1cc(C)ccc1C. The molecular formula is C28H34N2O. The average Bonchev–Trinajstić information content (AvgIpc) is 2.76. The summed E-state index contributed by atoms with van der Waals surface area (Å²) in [4.78, 5) is 18.0. The molecule has 0 spiro atoms. The predicted molar refractivity (Wildman–Crippen MR) is 131 cm³/mol. The van der Waals surface area contributed by atoms with Gasteiger partial charge in [0.2, 0.25) is 0 Å². The van der Waals surface area contributed by atoms with Gasteiger partial charge < -0.3 is 4.90 Å². The molecule has 2 amide bonds. The summed E-state index contributed by atoms with van der Waals surface area (Å²) in [5, 5.41) is 0. The van der Waals surface area contributed by atoms with E-state index in [0.717, 1.165) is 58.6 Å². The predicted octanol–water partition coefficient (Wildman–Crippen LogP) is 7.48. The minimum Gasteiger partial charge on any atom is -0.320 e. The highest BCUT2D eigenvalue weighted by Gasteiger charge is 2.26. The van der Waals surface area contributed by atoms with Gasteiger partial charge in [-0.3, -0.25) is 4.90 Å². The molecule has 0 unspecified atom stereocenters. The molecule has 0 bridgehead atoms. The molecule has 0 saturated carbocycles. The molecule has 0 saturated heterocycles. The van der Waals surface area contributed by atoms with Gasteiger partial charge >= 0.3 is 6.03 Å². The van der Waals surface area contributed by atoms with E-state index >= 15 is 0 Å². The second-order valence-corrected chi connectivity index (χ2v) is 8.46. The lowest BCUT2D eigenvalue weighted by Crippen LogP contribution is -2.41. The molecule has 0 aliphatic carbocycles. The number of amides is 2. The molecule has 0 aliphatic rings. The maximum Gasteiger partial charge on any atom is 0.329 e. The Morgan fingerprint density at radius 1 is 0.774 bits per heavy atom. The van der Waals surface area contributed by atoms with Gasteiger partial charge in [-0.05, 0) is 74.1 Å². The smallest absolute Gasteiger partial charge is 0.320 e. The van der Waals surface area contributed by atoms with Gasteiger partial charge in [0.05, 0.1) is 11.4 Å². The average molecular weight is 415 g/mol. The third kappa shape index (κ3) is 5.55. The fourth-order valence-corrected chi connectivity index (χ4v) is 3.79. The molecule has 3 heteroatoms. The molecule has 0 radical (unpaired) electrons. The van der Waals surface area contributed by atoms with Gasteiger partial charge in [-0.1, -0.05) is 67.9 Å². The molecule has 3 aromatic rings. The van der Waals surface area contributed by atoms with Crippen molar-refractivity contribution in [3.63, 3.8) is 0 Å². The number of urea groups is 1. The Labute approximate surface area is 187 Å². The summed E-state index contributed by atoms with van der Waals surface area (Å²) in [6.45, 7) is 11.8. The van der Waals surface area contributed by atoms with Crippen molar-refractivity contribution in [1.29, 1.82) is 0 Å². The van der Waals surface area contributed by atoms with Crippen LogP contribution in [0.2, 0.25) is 0 Å². The van der Waals surface area contributed by atoms with Gasteiger partial charge in [0.15, 0.2) is 0 Å². The summed E-state index contributed by atoms with van der Waals surface area (Å²) in [7, 11) is 0. The first kappa shape index (κ1) is 22.6. The fraction of sp³-hybridized carbons (Fsp3) is 0.321. The summed E-state index contributed by atoms with van der Waals surface area (Å²) in [5.74, 6) is 0. The first-order valence-corrected chi connectivity index (χ1v) is 11.2. The van der Waals surface area contributed by atoms with Crippen molar-refractivity contribution in [3.05, 3.63) is 94.5 Å². The fourth-order valence-electron chi connectivity index (χ4n) is 3.79. The summed E-state index contributed by atoms with van der Waals surface area (Å²) in [6, 6.07) is 22.9. The van der Waals surface area contributed by atoms with Crippen LogP contribution in [0, 0.1) is 27.7 Å². The lowest BCUT2D eigenvalue weighted by atomic mass is 10.1. The van der Waals surface area contributed by atoms with Crippen LogP contribution in [-0.4, -0.2) is 17.5 Å². The lowest BCUT2D eigenvalue weighted by molar-refractivity contribution is 0.203. The number of carbonyl (C=O) groups is 1. The minimum absolute atomic E-state index is 0.0275. The van der Waals surface area contributed by atoms with E-state index in [9.17, 15) is 4.79 Å². The van der Waals surface area contributed by atoms with Crippen LogP contribution in [0.4, 0.5) is 16.2 Å². The van der Waals surface area contributed by atoms with Crippen LogP contribution in [0.5, 0.6) is 0 Å². The second kappa shape index (κ2) is 10.3. The van der Waals surface area contributed by atoms with Crippen molar-refractivity contribution in [2.75, 3.05) is 11.4 Å². The van der Waals surface area contributed by atoms with E-state index in [4.69, 9.17) is 0 Å². The number of anilines is 2. The molecule has 3 nitrogen and oxygen atoms in total. The molecule has 162 valence electrons. The van der Waals surface area contributed by atoms with E-state index in [2.05, 4.69) is 83.1 Å². The van der Waals surface area contributed by atoms with E-state index in [0.29, 0.717) is 6.54 Å². The Balaban J connectivity index is 2.10. The molecule has 0 N–H and O–H groups in total. The van der Waals surface area contributed by atoms with Crippen molar-refractivity contribution < 1.29 is 4.79 Å². The Morgan fingerprint density at radius 3 is 1.84 bits per heavy atom. The lowest BCUT2D eigenvalue weighted by Gasteiger charge is -2.33. The van der Waals surface area contributed by atoms with E-state index < -0.39 is 0 Å². The van der Waals surface area contributed by atoms with Crippen LogP contribution in [0.15, 0.2) is 66.7 Å². The topological polar surface area (TPSA) is 23.6 Å². The molecule has 0 heterocycles. The maximum absolute atomic E-state index is 14.1. The first-order chi connectivity index (χ1) is 14.9. The quantitative estimate of drug-likeness (QED) is 0.393. The zero-order chi connectivity index (χ0) is 22.4. The van der Waals surface area contributed by atoms with Crippen LogP contribution >= 0.6 is 0 Å². The summed E-state index contributed by atoms with van der Waals surface area (Å²) >= 11 is 0. The Kier molecular flexibility index (Phi) is 7.51. The molecule has 0 atom stereocenters. The number of unbranched alkanes of at least 4 members (excludes halogenated alkanes) is 1. The number of hydrogen-bond donors (Lipinski definition) is 0. The van der Waals surface area contributed by atoms with Crippen LogP contribution in [-0.2, 0) is 6.54 Å². The molecule has 3 aromatic carbocycles. The zero-order valence-electron chi connectivity index (χ0n) is 19.5. The first-order valence-electron chi connectivity index (χ1n) is 11.2. The van der Waals surface area contributed by atoms with Gasteiger partial charge in [0.25, 0.3) is 0 Å². The van der Waals surface area contributed by atoms with E-state index in [1.807, 2.05) is 28.0 Å². The number of carbonyl (C=O) groups excluding carboxylic acids is 1. The molecule has 0 fully saturated rings. The van der Waals surface area contributed by atoms with Crippen LogP contribution < -0.4 is 4.90 Å².